The number of anilines is 1. The highest BCUT2D eigenvalue weighted by molar-refractivity contribution is 6.26. The number of nitrogens with zero attached hydrogens (tertiary/aromatic N) is 1. The third kappa shape index (κ3) is 2.57. The van der Waals surface area contributed by atoms with Crippen LogP contribution in [0, 0.1) is 0 Å². The Balaban J connectivity index is 2.12. The zero-order chi connectivity index (χ0) is 16.4. The minimum atomic E-state index is -0.260. The normalized spacial score (nSPS) is 13.7. The molecule has 0 aliphatic carbocycles. The van der Waals surface area contributed by atoms with Crippen LogP contribution in [0.2, 0.25) is 0 Å². The van der Waals surface area contributed by atoms with Crippen LogP contribution in [0.3, 0.4) is 0 Å². The van der Waals surface area contributed by atoms with Gasteiger partial charge in [0.25, 0.3) is 11.8 Å². The van der Waals surface area contributed by atoms with Gasteiger partial charge >= 0.3 is 0 Å². The number of rotatable bonds is 6. The van der Waals surface area contributed by atoms with Crippen LogP contribution in [-0.4, -0.2) is 36.3 Å². The van der Waals surface area contributed by atoms with E-state index in [1.54, 1.807) is 12.1 Å². The third-order valence-electron chi connectivity index (χ3n) is 4.19. The number of nitrogens with one attached hydrogen (secondary N) is 1. The van der Waals surface area contributed by atoms with Gasteiger partial charge in [-0.1, -0.05) is 25.5 Å². The van der Waals surface area contributed by atoms with Crippen molar-refractivity contribution in [3.8, 4) is 0 Å². The number of hydrogen-bond acceptors (Lipinski definition) is 4. The monoisotopic (exact) mass is 311 g/mol. The molecule has 2 aromatic rings. The fraction of sp³-hybridized carbons (Fsp3) is 0.333. The standard InChI is InChI=1S/C18H21N3O2/c1-2-3-10-20-15-8-7-14-16-12(15)5-4-6-13(16)17(22)21(11-9-19)18(14)23/h4-8,20H,2-3,9-11,19H2,1H3. The van der Waals surface area contributed by atoms with E-state index < -0.39 is 0 Å². The Morgan fingerprint density at radius 1 is 1.09 bits per heavy atom. The van der Waals surface area contributed by atoms with Crippen molar-refractivity contribution in [2.45, 2.75) is 19.8 Å². The Bertz CT molecular complexity index is 748. The number of imide groups is 1. The molecular weight excluding hydrogens is 290 g/mol. The van der Waals surface area contributed by atoms with E-state index in [0.717, 1.165) is 35.8 Å². The smallest absolute Gasteiger partial charge is 0.261 e. The summed E-state index contributed by atoms with van der Waals surface area (Å²) in [6, 6.07) is 9.32. The Labute approximate surface area is 135 Å². The average molecular weight is 311 g/mol. The molecule has 0 bridgehead atoms. The topological polar surface area (TPSA) is 75.4 Å². The first kappa shape index (κ1) is 15.5. The van der Waals surface area contributed by atoms with Crippen LogP contribution in [0.25, 0.3) is 10.8 Å². The fourth-order valence-electron chi connectivity index (χ4n) is 3.03. The first-order valence-electron chi connectivity index (χ1n) is 8.05. The van der Waals surface area contributed by atoms with Crippen molar-refractivity contribution < 1.29 is 9.59 Å². The third-order valence-corrected chi connectivity index (χ3v) is 4.19. The Morgan fingerprint density at radius 3 is 2.52 bits per heavy atom. The lowest BCUT2D eigenvalue weighted by molar-refractivity contribution is 0.0615. The molecule has 120 valence electrons. The molecule has 1 aliphatic rings. The van der Waals surface area contributed by atoms with Crippen molar-refractivity contribution in [2.24, 2.45) is 5.73 Å². The second kappa shape index (κ2) is 6.38. The highest BCUT2D eigenvalue weighted by Crippen LogP contribution is 2.34. The molecule has 0 spiro atoms. The number of unbranched alkanes of at least 4 members (excludes halogenated alkanes) is 1. The summed E-state index contributed by atoms with van der Waals surface area (Å²) in [4.78, 5) is 26.4. The number of carbonyl (C=O) groups excluding carboxylic acids is 2. The van der Waals surface area contributed by atoms with E-state index in [1.165, 1.54) is 4.90 Å². The summed E-state index contributed by atoms with van der Waals surface area (Å²) >= 11 is 0. The van der Waals surface area contributed by atoms with Crippen molar-refractivity contribution in [1.29, 1.82) is 0 Å². The Hall–Kier alpha value is -2.40. The van der Waals surface area contributed by atoms with E-state index in [0.29, 0.717) is 11.1 Å². The maximum absolute atomic E-state index is 12.6. The molecule has 3 rings (SSSR count). The highest BCUT2D eigenvalue weighted by atomic mass is 16.2. The van der Waals surface area contributed by atoms with Gasteiger partial charge in [0.1, 0.15) is 0 Å². The summed E-state index contributed by atoms with van der Waals surface area (Å²) in [6.07, 6.45) is 2.18. The summed E-state index contributed by atoms with van der Waals surface area (Å²) in [6.45, 7) is 3.52. The molecule has 1 aliphatic heterocycles. The summed E-state index contributed by atoms with van der Waals surface area (Å²) in [5, 5.41) is 5.07. The molecular formula is C18H21N3O2. The van der Waals surface area contributed by atoms with E-state index in [4.69, 9.17) is 5.73 Å². The van der Waals surface area contributed by atoms with Gasteiger partial charge in [-0.05, 0) is 24.6 Å². The molecule has 0 unspecified atom stereocenters. The van der Waals surface area contributed by atoms with Crippen molar-refractivity contribution in [3.05, 3.63) is 41.5 Å². The van der Waals surface area contributed by atoms with Crippen LogP contribution in [0.1, 0.15) is 40.5 Å². The average Bonchev–Trinajstić information content (AvgIpc) is 2.57. The van der Waals surface area contributed by atoms with Crippen LogP contribution >= 0.6 is 0 Å². The van der Waals surface area contributed by atoms with E-state index in [-0.39, 0.29) is 24.9 Å². The van der Waals surface area contributed by atoms with Gasteiger partial charge in [-0.2, -0.15) is 0 Å². The van der Waals surface area contributed by atoms with Crippen LogP contribution in [0.4, 0.5) is 5.69 Å². The fourth-order valence-corrected chi connectivity index (χ4v) is 3.03. The van der Waals surface area contributed by atoms with Gasteiger partial charge < -0.3 is 11.1 Å². The second-order valence-corrected chi connectivity index (χ2v) is 5.72. The van der Waals surface area contributed by atoms with Crippen LogP contribution in [0.15, 0.2) is 30.3 Å². The molecule has 23 heavy (non-hydrogen) atoms. The van der Waals surface area contributed by atoms with Crippen molar-refractivity contribution in [2.75, 3.05) is 25.0 Å². The quantitative estimate of drug-likeness (QED) is 0.635. The first-order valence-corrected chi connectivity index (χ1v) is 8.05. The SMILES string of the molecule is CCCCNc1ccc2c3c(cccc13)C(=O)N(CCN)C2=O. The lowest BCUT2D eigenvalue weighted by Gasteiger charge is -2.27. The number of amides is 2. The summed E-state index contributed by atoms with van der Waals surface area (Å²) in [5.41, 5.74) is 7.65. The van der Waals surface area contributed by atoms with E-state index >= 15 is 0 Å². The van der Waals surface area contributed by atoms with E-state index in [9.17, 15) is 9.59 Å². The van der Waals surface area contributed by atoms with Gasteiger partial charge in [0.15, 0.2) is 0 Å². The summed E-state index contributed by atoms with van der Waals surface area (Å²) in [5.74, 6) is -0.520. The molecule has 0 saturated carbocycles. The van der Waals surface area contributed by atoms with E-state index in [1.807, 2.05) is 18.2 Å². The first-order chi connectivity index (χ1) is 11.2. The zero-order valence-corrected chi connectivity index (χ0v) is 13.3. The molecule has 0 fully saturated rings. The molecule has 0 aromatic heterocycles. The zero-order valence-electron chi connectivity index (χ0n) is 13.3. The number of hydrogen-bond donors (Lipinski definition) is 2. The van der Waals surface area contributed by atoms with Gasteiger partial charge in [0.2, 0.25) is 0 Å². The van der Waals surface area contributed by atoms with E-state index in [2.05, 4.69) is 12.2 Å². The largest absolute Gasteiger partial charge is 0.385 e. The molecule has 0 radical (unpaired) electrons. The minimum absolute atomic E-state index is 0.240. The molecule has 2 aromatic carbocycles. The lowest BCUT2D eigenvalue weighted by atomic mass is 9.93. The van der Waals surface area contributed by atoms with Gasteiger partial charge in [-0.15, -0.1) is 0 Å². The molecule has 0 saturated heterocycles. The predicted octanol–water partition coefficient (Wildman–Crippen LogP) is 2.61. The lowest BCUT2D eigenvalue weighted by Crippen LogP contribution is -2.43. The van der Waals surface area contributed by atoms with Crippen molar-refractivity contribution >= 4 is 28.3 Å². The molecule has 2 amide bonds. The predicted molar refractivity (Wildman–Crippen MR) is 91.8 cm³/mol. The summed E-state index contributed by atoms with van der Waals surface area (Å²) < 4.78 is 0. The molecule has 1 heterocycles. The van der Waals surface area contributed by atoms with Crippen molar-refractivity contribution in [1.82, 2.24) is 4.90 Å². The van der Waals surface area contributed by atoms with Gasteiger partial charge in [-0.3, -0.25) is 14.5 Å². The molecule has 0 atom stereocenters. The van der Waals surface area contributed by atoms with Gasteiger partial charge in [-0.25, -0.2) is 0 Å². The molecule has 5 heteroatoms. The van der Waals surface area contributed by atoms with Crippen LogP contribution in [-0.2, 0) is 0 Å². The molecule has 3 N–H and O–H groups in total. The number of nitrogens with two attached hydrogens (primary N) is 1. The number of benzene rings is 2. The van der Waals surface area contributed by atoms with Crippen LogP contribution in [0.5, 0.6) is 0 Å². The maximum atomic E-state index is 12.6. The molecule has 5 nitrogen and oxygen atoms in total. The summed E-state index contributed by atoms with van der Waals surface area (Å²) in [7, 11) is 0. The number of carbonyl (C=O) groups is 2. The second-order valence-electron chi connectivity index (χ2n) is 5.72. The minimum Gasteiger partial charge on any atom is -0.385 e. The Morgan fingerprint density at radius 2 is 1.83 bits per heavy atom. The van der Waals surface area contributed by atoms with Crippen LogP contribution < -0.4 is 11.1 Å². The van der Waals surface area contributed by atoms with Gasteiger partial charge in [0.05, 0.1) is 0 Å². The van der Waals surface area contributed by atoms with Crippen molar-refractivity contribution in [3.63, 3.8) is 0 Å². The Kier molecular flexibility index (Phi) is 4.30. The highest BCUT2D eigenvalue weighted by Gasteiger charge is 2.32. The maximum Gasteiger partial charge on any atom is 0.261 e. The van der Waals surface area contributed by atoms with Gasteiger partial charge in [0, 0.05) is 47.2 Å².